The Hall–Kier alpha value is -7.51. The summed E-state index contributed by atoms with van der Waals surface area (Å²) in [6, 6.07) is 13.3. The van der Waals surface area contributed by atoms with Crippen LogP contribution >= 0.6 is 0 Å². The van der Waals surface area contributed by atoms with Crippen LogP contribution in [-0.2, 0) is 46.4 Å². The van der Waals surface area contributed by atoms with Crippen molar-refractivity contribution < 1.29 is 38.4 Å². The van der Waals surface area contributed by atoms with Crippen LogP contribution in [0, 0.1) is 0 Å². The molecule has 342 valence electrons. The van der Waals surface area contributed by atoms with E-state index in [-0.39, 0.29) is 64.0 Å². The van der Waals surface area contributed by atoms with E-state index in [0.717, 1.165) is 26.6 Å². The third kappa shape index (κ3) is 10.8. The summed E-state index contributed by atoms with van der Waals surface area (Å²) in [6.07, 6.45) is 2.44. The van der Waals surface area contributed by atoms with Crippen molar-refractivity contribution >= 4 is 75.0 Å². The molecule has 9 amide bonds. The third-order valence-electron chi connectivity index (χ3n) is 12.1. The van der Waals surface area contributed by atoms with Crippen LogP contribution in [0.25, 0.3) is 21.7 Å². The first-order valence-corrected chi connectivity index (χ1v) is 21.7. The molecule has 5 atom stereocenters. The van der Waals surface area contributed by atoms with Crippen LogP contribution in [0.1, 0.15) is 62.5 Å². The molecule has 20 heteroatoms. The third-order valence-corrected chi connectivity index (χ3v) is 12.1. The van der Waals surface area contributed by atoms with Crippen molar-refractivity contribution in [3.05, 3.63) is 84.1 Å². The van der Waals surface area contributed by atoms with Gasteiger partial charge in [-0.05, 0) is 72.9 Å². The summed E-state index contributed by atoms with van der Waals surface area (Å²) >= 11 is 0. The van der Waals surface area contributed by atoms with Crippen molar-refractivity contribution in [1.82, 2.24) is 41.8 Å². The van der Waals surface area contributed by atoms with Gasteiger partial charge in [0, 0.05) is 43.0 Å². The highest BCUT2D eigenvalue weighted by Gasteiger charge is 2.62. The summed E-state index contributed by atoms with van der Waals surface area (Å²) in [4.78, 5) is 118. The number of rotatable bonds is 9. The van der Waals surface area contributed by atoms with Gasteiger partial charge in [0.1, 0.15) is 35.7 Å². The van der Waals surface area contributed by atoms with Gasteiger partial charge in [0.25, 0.3) is 5.91 Å². The molecule has 4 aromatic rings. The predicted molar refractivity (Wildman–Crippen MR) is 239 cm³/mol. The Balaban J connectivity index is 1.23. The summed E-state index contributed by atoms with van der Waals surface area (Å²) in [6.45, 7) is 0.238. The van der Waals surface area contributed by atoms with Crippen molar-refractivity contribution in [2.45, 2.75) is 100.0 Å². The predicted octanol–water partition coefficient (Wildman–Crippen LogP) is -0.272. The molecule has 0 unspecified atom stereocenters. The summed E-state index contributed by atoms with van der Waals surface area (Å²) in [5.41, 5.74) is 17.4. The van der Waals surface area contributed by atoms with Gasteiger partial charge in [-0.2, -0.15) is 0 Å². The molecule has 2 bridgehead atoms. The van der Waals surface area contributed by atoms with Gasteiger partial charge >= 0.3 is 6.03 Å². The van der Waals surface area contributed by atoms with E-state index >= 15 is 0 Å². The SMILES string of the molecule is NC(=O)[C@@H]1CCCCNC(=O)C[C@@H]2NC(=O)N(C2=O)C2(CC2)C(=O)N[C@H](Cc2ccc3ccccc3c2)C(=O)N[C@@H](CCCN=C(N)N)C(=O)N[C@@H](Cc2c[nH]c3ccccc23)C(=O)N1. The Bertz CT molecular complexity index is 2530. The summed E-state index contributed by atoms with van der Waals surface area (Å²) < 4.78 is 0. The number of guanidine groups is 1. The Morgan fingerprint density at radius 2 is 1.45 bits per heavy atom. The maximum atomic E-state index is 14.6. The number of primary amides is 1. The number of nitrogens with two attached hydrogens (primary N) is 3. The Kier molecular flexibility index (Phi) is 13.9. The van der Waals surface area contributed by atoms with Gasteiger partial charge in [0.2, 0.25) is 35.4 Å². The highest BCUT2D eigenvalue weighted by Crippen LogP contribution is 2.44. The number of H-pyrrole nitrogens is 1. The topological polar surface area (TPSA) is 318 Å². The Morgan fingerprint density at radius 3 is 2.20 bits per heavy atom. The lowest BCUT2D eigenvalue weighted by molar-refractivity contribution is -0.139. The van der Waals surface area contributed by atoms with Gasteiger partial charge < -0.3 is 54.1 Å². The van der Waals surface area contributed by atoms with E-state index in [2.05, 4.69) is 41.9 Å². The van der Waals surface area contributed by atoms with E-state index in [0.29, 0.717) is 24.0 Å². The Morgan fingerprint density at radius 1 is 0.754 bits per heavy atom. The van der Waals surface area contributed by atoms with Crippen LogP contribution in [0.3, 0.4) is 0 Å². The standard InChI is InChI=1S/C45H54N12O8/c46-37(59)31-12-5-6-18-49-36(58)23-35-41(63)57(44(65)56-35)45(16-17-45)42(64)55-33(21-25-14-15-26-8-1-2-9-27(26)20-25)39(61)53-32(13-7-19-50-43(47)48)38(60)54-34(40(62)52-31)22-28-24-51-30-11-4-3-10-29(28)30/h1-4,8-11,14-15,20,24,31-35,51H,5-7,12-13,16-19,21-23H2,(H2,46,59)(H,49,58)(H,52,62)(H,53,61)(H,54,60)(H,55,64)(H,56,65)(H4,47,48,50)/t31-,32-,33+,34-,35-/m0/s1. The lowest BCUT2D eigenvalue weighted by Crippen LogP contribution is -2.60. The fourth-order valence-corrected chi connectivity index (χ4v) is 8.41. The molecule has 3 aromatic carbocycles. The molecule has 20 nitrogen and oxygen atoms in total. The molecular formula is C45H54N12O8. The van der Waals surface area contributed by atoms with Crippen molar-refractivity contribution in [2.24, 2.45) is 22.2 Å². The molecule has 1 aromatic heterocycles. The minimum absolute atomic E-state index is 0.0170. The maximum Gasteiger partial charge on any atom is 0.325 e. The summed E-state index contributed by atoms with van der Waals surface area (Å²) in [5.74, 6) is -5.30. The van der Waals surface area contributed by atoms with Crippen LogP contribution in [0.4, 0.5) is 4.79 Å². The lowest BCUT2D eigenvalue weighted by atomic mass is 9.99. The fraction of sp³-hybridized carbons (Fsp3) is 0.400. The van der Waals surface area contributed by atoms with Crippen LogP contribution in [0.2, 0.25) is 0 Å². The quantitative estimate of drug-likeness (QED) is 0.0454. The number of carbonyl (C=O) groups is 8. The molecule has 2 aliphatic heterocycles. The zero-order valence-corrected chi connectivity index (χ0v) is 35.7. The normalized spacial score (nSPS) is 23.5. The number of carbonyl (C=O) groups excluding carboxylic acids is 8. The first-order chi connectivity index (χ1) is 31.2. The van der Waals surface area contributed by atoms with E-state index in [1.165, 1.54) is 0 Å². The molecule has 3 aliphatic rings. The maximum absolute atomic E-state index is 14.6. The number of nitrogens with zero attached hydrogens (tertiary/aromatic N) is 2. The van der Waals surface area contributed by atoms with E-state index in [1.807, 2.05) is 60.7 Å². The molecule has 13 N–H and O–H groups in total. The number of aliphatic imine (C=N–C) groups is 1. The van der Waals surface area contributed by atoms with Gasteiger partial charge in [-0.15, -0.1) is 0 Å². The first kappa shape index (κ1) is 45.5. The average Bonchev–Trinajstić information content (AvgIpc) is 3.89. The van der Waals surface area contributed by atoms with Crippen molar-refractivity contribution in [3.8, 4) is 0 Å². The smallest absolute Gasteiger partial charge is 0.325 e. The molecule has 1 aliphatic carbocycles. The molecule has 2 saturated heterocycles. The fourth-order valence-electron chi connectivity index (χ4n) is 8.41. The highest BCUT2D eigenvalue weighted by atomic mass is 16.2. The van der Waals surface area contributed by atoms with Crippen molar-refractivity contribution in [2.75, 3.05) is 13.1 Å². The van der Waals surface area contributed by atoms with Gasteiger partial charge in [-0.1, -0.05) is 60.7 Å². The summed E-state index contributed by atoms with van der Waals surface area (Å²) in [5, 5.41) is 18.9. The molecule has 1 spiro atoms. The van der Waals surface area contributed by atoms with E-state index in [4.69, 9.17) is 17.2 Å². The van der Waals surface area contributed by atoms with E-state index in [1.54, 1.807) is 12.3 Å². The monoisotopic (exact) mass is 890 g/mol. The minimum atomic E-state index is -1.62. The molecule has 3 fully saturated rings. The number of para-hydroxylation sites is 1. The highest BCUT2D eigenvalue weighted by molar-refractivity contribution is 6.11. The number of fused-ring (bicyclic) bond motifs is 5. The second-order valence-electron chi connectivity index (χ2n) is 16.8. The average molecular weight is 891 g/mol. The number of aromatic nitrogens is 1. The number of aromatic amines is 1. The zero-order valence-electron chi connectivity index (χ0n) is 35.7. The molecule has 7 rings (SSSR count). The van der Waals surface area contributed by atoms with Crippen LogP contribution in [-0.4, -0.2) is 112 Å². The van der Waals surface area contributed by atoms with Gasteiger partial charge in [-0.3, -0.25) is 38.6 Å². The van der Waals surface area contributed by atoms with Crippen LogP contribution in [0.5, 0.6) is 0 Å². The van der Waals surface area contributed by atoms with E-state index < -0.39 is 89.6 Å². The number of hydrogen-bond donors (Lipinski definition) is 10. The van der Waals surface area contributed by atoms with Crippen LogP contribution in [0.15, 0.2) is 77.9 Å². The number of urea groups is 1. The molecule has 0 radical (unpaired) electrons. The largest absolute Gasteiger partial charge is 0.370 e. The molecular weight excluding hydrogens is 837 g/mol. The zero-order chi connectivity index (χ0) is 46.3. The minimum Gasteiger partial charge on any atom is -0.370 e. The van der Waals surface area contributed by atoms with Gasteiger partial charge in [0.05, 0.1) is 6.42 Å². The number of imide groups is 1. The second-order valence-corrected chi connectivity index (χ2v) is 16.8. The molecule has 1 saturated carbocycles. The number of amides is 9. The van der Waals surface area contributed by atoms with Crippen molar-refractivity contribution in [3.63, 3.8) is 0 Å². The van der Waals surface area contributed by atoms with Gasteiger partial charge in [-0.25, -0.2) is 9.69 Å². The number of nitrogens with one attached hydrogen (secondary N) is 7. The second kappa shape index (κ2) is 19.9. The molecule has 3 heterocycles. The van der Waals surface area contributed by atoms with E-state index in [9.17, 15) is 38.4 Å². The number of benzene rings is 3. The molecule has 65 heavy (non-hydrogen) atoms. The van der Waals surface area contributed by atoms with Gasteiger partial charge in [0.15, 0.2) is 5.96 Å². The first-order valence-electron chi connectivity index (χ1n) is 21.7. The van der Waals surface area contributed by atoms with Crippen molar-refractivity contribution in [1.29, 1.82) is 0 Å². The summed E-state index contributed by atoms with van der Waals surface area (Å²) in [7, 11) is 0. The Labute approximate surface area is 373 Å². The number of hydrogen-bond acceptors (Lipinski definition) is 9. The lowest BCUT2D eigenvalue weighted by Gasteiger charge is -2.29. The van der Waals surface area contributed by atoms with Crippen LogP contribution < -0.4 is 49.1 Å².